The van der Waals surface area contributed by atoms with Gasteiger partial charge >= 0.3 is 13.3 Å². The Morgan fingerprint density at radius 1 is 1.23 bits per heavy atom. The second-order valence-corrected chi connectivity index (χ2v) is 9.06. The van der Waals surface area contributed by atoms with Gasteiger partial charge in [0.15, 0.2) is 0 Å². The Kier molecular flexibility index (Phi) is 6.09. The van der Waals surface area contributed by atoms with Crippen molar-refractivity contribution in [2.75, 3.05) is 6.61 Å². The number of rotatable bonds is 7. The van der Waals surface area contributed by atoms with Crippen molar-refractivity contribution in [1.29, 1.82) is 0 Å². The predicted octanol–water partition coefficient (Wildman–Crippen LogP) is 4.15. The summed E-state index contributed by atoms with van der Waals surface area (Å²) in [6.45, 7) is 3.65. The Labute approximate surface area is 157 Å². The van der Waals surface area contributed by atoms with Crippen LogP contribution in [-0.2, 0) is 10.2 Å². The Balaban J connectivity index is 2.28. The molecule has 0 aliphatic heterocycles. The van der Waals surface area contributed by atoms with E-state index in [2.05, 4.69) is 20.9 Å². The van der Waals surface area contributed by atoms with Gasteiger partial charge in [-0.05, 0) is 44.2 Å². The third kappa shape index (κ3) is 4.98. The summed E-state index contributed by atoms with van der Waals surface area (Å²) < 4.78 is 44.6. The minimum atomic E-state index is -5.68. The fourth-order valence-electron chi connectivity index (χ4n) is 2.29. The predicted molar refractivity (Wildman–Crippen MR) is 96.4 cm³/mol. The monoisotopic (exact) mass is 453 g/mol. The molecule has 2 aromatic rings. The van der Waals surface area contributed by atoms with Crippen molar-refractivity contribution >= 4 is 34.3 Å². The smallest absolute Gasteiger partial charge is 0.399 e. The quantitative estimate of drug-likeness (QED) is 0.430. The van der Waals surface area contributed by atoms with E-state index in [0.717, 1.165) is 6.07 Å². The van der Waals surface area contributed by atoms with Crippen molar-refractivity contribution in [3.05, 3.63) is 34.4 Å². The summed E-state index contributed by atoms with van der Waals surface area (Å²) in [7, 11) is -5.68. The van der Waals surface area contributed by atoms with E-state index in [4.69, 9.17) is 14.5 Å². The van der Waals surface area contributed by atoms with Crippen molar-refractivity contribution in [1.82, 2.24) is 4.98 Å². The molecule has 2 rings (SSSR count). The zero-order valence-corrected chi connectivity index (χ0v) is 16.6. The van der Waals surface area contributed by atoms with Crippen LogP contribution in [0, 0.1) is 0 Å². The normalized spacial score (nSPS) is 13.2. The number of ether oxygens (including phenoxy) is 1. The molecule has 26 heavy (non-hydrogen) atoms. The van der Waals surface area contributed by atoms with E-state index in [1.165, 1.54) is 18.3 Å². The molecular formula is C16H19BrF2NO5P. The topological polar surface area (TPSA) is 99.9 Å². The molecule has 0 aliphatic rings. The number of nitrogens with zero attached hydrogens (tertiary/aromatic N) is 1. The van der Waals surface area contributed by atoms with Gasteiger partial charge in [-0.2, -0.15) is 8.78 Å². The lowest BCUT2D eigenvalue weighted by Crippen LogP contribution is -2.19. The Hall–Kier alpha value is -1.12. The van der Waals surface area contributed by atoms with Crippen LogP contribution in [0.3, 0.4) is 0 Å². The number of hydrogen-bond donors (Lipinski definition) is 3. The van der Waals surface area contributed by atoms with E-state index in [9.17, 15) is 18.5 Å². The number of hydrogen-bond acceptors (Lipinski definition) is 4. The average molecular weight is 454 g/mol. The van der Waals surface area contributed by atoms with Crippen LogP contribution in [0.5, 0.6) is 5.88 Å². The van der Waals surface area contributed by atoms with Crippen LogP contribution in [-0.4, -0.2) is 32.1 Å². The van der Waals surface area contributed by atoms with Crippen LogP contribution in [0.25, 0.3) is 10.8 Å². The van der Waals surface area contributed by atoms with Crippen LogP contribution in [0.4, 0.5) is 8.78 Å². The van der Waals surface area contributed by atoms with E-state index in [-0.39, 0.29) is 17.0 Å². The van der Waals surface area contributed by atoms with E-state index in [1.54, 1.807) is 13.8 Å². The second-order valence-electron chi connectivity index (χ2n) is 6.55. The number of alkyl halides is 2. The number of benzene rings is 1. The molecule has 1 aromatic heterocycles. The molecule has 0 saturated heterocycles. The van der Waals surface area contributed by atoms with Crippen LogP contribution in [0.2, 0.25) is 0 Å². The third-order valence-electron chi connectivity index (χ3n) is 3.66. The number of halogens is 3. The fourth-order valence-corrected chi connectivity index (χ4v) is 3.56. The molecule has 1 heterocycles. The lowest BCUT2D eigenvalue weighted by molar-refractivity contribution is 0.0558. The first-order valence-electron chi connectivity index (χ1n) is 7.70. The number of aromatic nitrogens is 1. The van der Waals surface area contributed by atoms with E-state index in [1.807, 2.05) is 0 Å². The zero-order valence-electron chi connectivity index (χ0n) is 14.1. The van der Waals surface area contributed by atoms with E-state index in [0.29, 0.717) is 23.6 Å². The molecular weight excluding hydrogens is 435 g/mol. The van der Waals surface area contributed by atoms with Gasteiger partial charge < -0.3 is 19.6 Å². The van der Waals surface area contributed by atoms with Gasteiger partial charge in [-0.25, -0.2) is 4.98 Å². The van der Waals surface area contributed by atoms with Crippen LogP contribution >= 0.6 is 23.5 Å². The molecule has 0 bridgehead atoms. The average Bonchev–Trinajstić information content (AvgIpc) is 2.49. The molecule has 0 unspecified atom stereocenters. The van der Waals surface area contributed by atoms with Crippen molar-refractivity contribution in [2.24, 2.45) is 0 Å². The molecule has 0 atom stereocenters. The van der Waals surface area contributed by atoms with Gasteiger partial charge in [0.1, 0.15) is 0 Å². The maximum atomic E-state index is 14.0. The summed E-state index contributed by atoms with van der Waals surface area (Å²) in [6, 6.07) is 3.74. The van der Waals surface area contributed by atoms with Gasteiger partial charge in [0, 0.05) is 27.7 Å². The molecule has 0 amide bonds. The number of aliphatic hydroxyl groups is 1. The highest BCUT2D eigenvalue weighted by Gasteiger charge is 2.51. The minimum Gasteiger partial charge on any atom is -0.478 e. The maximum absolute atomic E-state index is 14.0. The van der Waals surface area contributed by atoms with Crippen molar-refractivity contribution in [3.63, 3.8) is 0 Å². The first-order valence-corrected chi connectivity index (χ1v) is 10.1. The standard InChI is InChI=1S/C16H19BrF2NO5P/c1-15(2,21)4-3-5-25-14-8-10-6-12(16(18,19)26(22,23)24)13(17)7-11(10)9-20-14/h6-9,21H,3-5H2,1-2H3,(H2,22,23,24). The minimum absolute atomic E-state index is 0.126. The Morgan fingerprint density at radius 2 is 1.88 bits per heavy atom. The van der Waals surface area contributed by atoms with E-state index >= 15 is 0 Å². The summed E-state index contributed by atoms with van der Waals surface area (Å²) >= 11 is 2.93. The van der Waals surface area contributed by atoms with Gasteiger partial charge in [-0.1, -0.05) is 15.9 Å². The van der Waals surface area contributed by atoms with Crippen molar-refractivity contribution in [2.45, 2.75) is 38.0 Å². The summed E-state index contributed by atoms with van der Waals surface area (Å²) in [5.41, 5.74) is -5.94. The number of fused-ring (bicyclic) bond motifs is 1. The summed E-state index contributed by atoms with van der Waals surface area (Å²) in [4.78, 5) is 22.0. The van der Waals surface area contributed by atoms with Crippen molar-refractivity contribution < 1.29 is 33.0 Å². The molecule has 0 aliphatic carbocycles. The second kappa shape index (κ2) is 7.48. The molecule has 0 saturated carbocycles. The molecule has 10 heteroatoms. The highest BCUT2D eigenvalue weighted by Crippen LogP contribution is 2.60. The van der Waals surface area contributed by atoms with Crippen LogP contribution < -0.4 is 4.74 Å². The van der Waals surface area contributed by atoms with Crippen LogP contribution in [0.1, 0.15) is 32.3 Å². The molecule has 0 spiro atoms. The molecule has 6 nitrogen and oxygen atoms in total. The van der Waals surface area contributed by atoms with Crippen LogP contribution in [0.15, 0.2) is 28.9 Å². The molecule has 0 radical (unpaired) electrons. The van der Waals surface area contributed by atoms with Gasteiger partial charge in [0.05, 0.1) is 12.2 Å². The fraction of sp³-hybridized carbons (Fsp3) is 0.438. The molecule has 144 valence electrons. The van der Waals surface area contributed by atoms with Gasteiger partial charge in [-0.3, -0.25) is 4.57 Å². The largest absolute Gasteiger partial charge is 0.478 e. The summed E-state index contributed by atoms with van der Waals surface area (Å²) in [5.74, 6) is 0.195. The molecule has 0 fully saturated rings. The molecule has 3 N–H and O–H groups in total. The molecule has 1 aromatic carbocycles. The third-order valence-corrected chi connectivity index (χ3v) is 5.28. The van der Waals surface area contributed by atoms with E-state index < -0.39 is 24.4 Å². The summed E-state index contributed by atoms with van der Waals surface area (Å²) in [6.07, 6.45) is 2.52. The summed E-state index contributed by atoms with van der Waals surface area (Å²) in [5, 5.41) is 10.5. The first kappa shape index (κ1) is 21.2. The SMILES string of the molecule is CC(C)(O)CCCOc1cc2cc(C(F)(F)P(=O)(O)O)c(Br)cc2cn1. The van der Waals surface area contributed by atoms with Gasteiger partial charge in [-0.15, -0.1) is 0 Å². The Morgan fingerprint density at radius 3 is 2.46 bits per heavy atom. The highest BCUT2D eigenvalue weighted by atomic mass is 79.9. The highest BCUT2D eigenvalue weighted by molar-refractivity contribution is 9.10. The Bertz CT molecular complexity index is 850. The number of pyridine rings is 1. The lowest BCUT2D eigenvalue weighted by Gasteiger charge is -2.20. The lowest BCUT2D eigenvalue weighted by atomic mass is 10.0. The zero-order chi connectivity index (χ0) is 19.8. The van der Waals surface area contributed by atoms with Crippen molar-refractivity contribution in [3.8, 4) is 5.88 Å². The van der Waals surface area contributed by atoms with Gasteiger partial charge in [0.2, 0.25) is 5.88 Å². The maximum Gasteiger partial charge on any atom is 0.399 e. The first-order chi connectivity index (χ1) is 11.8. The van der Waals surface area contributed by atoms with Gasteiger partial charge in [0.25, 0.3) is 0 Å².